The van der Waals surface area contributed by atoms with Crippen LogP contribution in [0.3, 0.4) is 0 Å². The first-order valence-electron chi connectivity index (χ1n) is 8.05. The molecule has 0 bridgehead atoms. The standard InChI is InChI=1S/C19H19ClO4S/c20-14-1-3-15(4-2-14)24-16-5-7-17(8-6-16)25-13-19(18(21)22)9-11-23-12-10-19/h1-8H,9-13H2,(H,21,22). The van der Waals surface area contributed by atoms with Crippen molar-refractivity contribution in [3.63, 3.8) is 0 Å². The van der Waals surface area contributed by atoms with Crippen molar-refractivity contribution in [1.82, 2.24) is 0 Å². The molecule has 1 aliphatic heterocycles. The van der Waals surface area contributed by atoms with Gasteiger partial charge in [0.15, 0.2) is 0 Å². The summed E-state index contributed by atoms with van der Waals surface area (Å²) in [4.78, 5) is 12.7. The normalized spacial score (nSPS) is 16.4. The smallest absolute Gasteiger partial charge is 0.310 e. The molecule has 0 amide bonds. The van der Waals surface area contributed by atoms with Crippen LogP contribution in [0.15, 0.2) is 53.4 Å². The topological polar surface area (TPSA) is 55.8 Å². The Labute approximate surface area is 156 Å². The molecule has 0 aromatic heterocycles. The van der Waals surface area contributed by atoms with Crippen molar-refractivity contribution in [2.45, 2.75) is 17.7 Å². The molecule has 2 aromatic carbocycles. The van der Waals surface area contributed by atoms with Crippen LogP contribution in [-0.4, -0.2) is 30.0 Å². The van der Waals surface area contributed by atoms with Crippen molar-refractivity contribution < 1.29 is 19.4 Å². The van der Waals surface area contributed by atoms with E-state index in [1.54, 1.807) is 23.9 Å². The van der Waals surface area contributed by atoms with E-state index < -0.39 is 11.4 Å². The number of benzene rings is 2. The van der Waals surface area contributed by atoms with E-state index in [9.17, 15) is 9.90 Å². The van der Waals surface area contributed by atoms with E-state index in [4.69, 9.17) is 21.1 Å². The zero-order valence-electron chi connectivity index (χ0n) is 13.6. The maximum Gasteiger partial charge on any atom is 0.310 e. The molecule has 2 aromatic rings. The third kappa shape index (κ3) is 4.69. The Hall–Kier alpha value is -1.69. The highest BCUT2D eigenvalue weighted by atomic mass is 35.5. The lowest BCUT2D eigenvalue weighted by atomic mass is 9.82. The first-order chi connectivity index (χ1) is 12.1. The quantitative estimate of drug-likeness (QED) is 0.708. The van der Waals surface area contributed by atoms with Crippen LogP contribution in [0.5, 0.6) is 11.5 Å². The minimum atomic E-state index is -0.731. The molecule has 0 radical (unpaired) electrons. The number of ether oxygens (including phenoxy) is 2. The second kappa shape index (κ2) is 8.13. The van der Waals surface area contributed by atoms with Crippen LogP contribution in [0.2, 0.25) is 5.02 Å². The fourth-order valence-electron chi connectivity index (χ4n) is 2.65. The summed E-state index contributed by atoms with van der Waals surface area (Å²) in [5.74, 6) is 1.26. The van der Waals surface area contributed by atoms with Crippen molar-refractivity contribution in [2.24, 2.45) is 5.41 Å². The summed E-state index contributed by atoms with van der Waals surface area (Å²) in [6.07, 6.45) is 1.13. The van der Waals surface area contributed by atoms with E-state index in [1.807, 2.05) is 36.4 Å². The van der Waals surface area contributed by atoms with Crippen molar-refractivity contribution in [1.29, 1.82) is 0 Å². The van der Waals surface area contributed by atoms with Crippen LogP contribution in [0.1, 0.15) is 12.8 Å². The molecule has 1 aliphatic rings. The van der Waals surface area contributed by atoms with Gasteiger partial charge in [-0.05, 0) is 61.4 Å². The fourth-order valence-corrected chi connectivity index (χ4v) is 3.96. The highest BCUT2D eigenvalue weighted by Gasteiger charge is 2.40. The molecule has 6 heteroatoms. The molecule has 4 nitrogen and oxygen atoms in total. The Bertz CT molecular complexity index is 709. The maximum atomic E-state index is 11.7. The molecule has 0 spiro atoms. The number of rotatable bonds is 6. The van der Waals surface area contributed by atoms with Gasteiger partial charge in [-0.2, -0.15) is 0 Å². The van der Waals surface area contributed by atoms with Gasteiger partial charge in [-0.25, -0.2) is 0 Å². The summed E-state index contributed by atoms with van der Waals surface area (Å²) < 4.78 is 11.1. The van der Waals surface area contributed by atoms with Crippen LogP contribution in [-0.2, 0) is 9.53 Å². The summed E-state index contributed by atoms with van der Waals surface area (Å²) in [5, 5.41) is 10.3. The average Bonchev–Trinajstić information content (AvgIpc) is 2.64. The number of halogens is 1. The number of hydrogen-bond donors (Lipinski definition) is 1. The van der Waals surface area contributed by atoms with Crippen LogP contribution >= 0.6 is 23.4 Å². The molecule has 0 saturated carbocycles. The monoisotopic (exact) mass is 378 g/mol. The van der Waals surface area contributed by atoms with Gasteiger partial charge in [0, 0.05) is 28.9 Å². The van der Waals surface area contributed by atoms with E-state index in [0.717, 1.165) is 16.4 Å². The molecular weight excluding hydrogens is 360 g/mol. The number of thioether (sulfide) groups is 1. The Morgan fingerprint density at radius 3 is 2.20 bits per heavy atom. The van der Waals surface area contributed by atoms with Gasteiger partial charge in [-0.15, -0.1) is 11.8 Å². The Morgan fingerprint density at radius 1 is 1.08 bits per heavy atom. The van der Waals surface area contributed by atoms with Crippen molar-refractivity contribution >= 4 is 29.3 Å². The van der Waals surface area contributed by atoms with Crippen LogP contribution in [0, 0.1) is 5.41 Å². The second-order valence-corrected chi connectivity index (χ2v) is 7.50. The zero-order chi connectivity index (χ0) is 17.7. The first kappa shape index (κ1) is 18.1. The van der Waals surface area contributed by atoms with Crippen molar-refractivity contribution in [2.75, 3.05) is 19.0 Å². The molecule has 1 N–H and O–H groups in total. The predicted molar refractivity (Wildman–Crippen MR) is 98.8 cm³/mol. The maximum absolute atomic E-state index is 11.7. The molecule has 0 unspecified atom stereocenters. The lowest BCUT2D eigenvalue weighted by molar-refractivity contribution is -0.152. The van der Waals surface area contributed by atoms with Gasteiger partial charge < -0.3 is 14.6 Å². The Balaban J connectivity index is 1.60. The largest absolute Gasteiger partial charge is 0.481 e. The third-order valence-corrected chi connectivity index (χ3v) is 5.85. The molecule has 0 atom stereocenters. The van der Waals surface area contributed by atoms with E-state index in [0.29, 0.717) is 36.8 Å². The van der Waals surface area contributed by atoms with E-state index >= 15 is 0 Å². The molecule has 1 saturated heterocycles. The second-order valence-electron chi connectivity index (χ2n) is 6.01. The van der Waals surface area contributed by atoms with Gasteiger partial charge in [-0.3, -0.25) is 4.79 Å². The van der Waals surface area contributed by atoms with Crippen molar-refractivity contribution in [3.05, 3.63) is 53.6 Å². The molecule has 1 heterocycles. The Morgan fingerprint density at radius 2 is 1.64 bits per heavy atom. The molecule has 132 valence electrons. The van der Waals surface area contributed by atoms with Crippen molar-refractivity contribution in [3.8, 4) is 11.5 Å². The first-order valence-corrected chi connectivity index (χ1v) is 9.41. The van der Waals surface area contributed by atoms with E-state index in [1.165, 1.54) is 0 Å². The summed E-state index contributed by atoms with van der Waals surface area (Å²) in [6.45, 7) is 1.03. The summed E-state index contributed by atoms with van der Waals surface area (Å²) >= 11 is 7.42. The average molecular weight is 379 g/mol. The van der Waals surface area contributed by atoms with E-state index in [-0.39, 0.29) is 0 Å². The fraction of sp³-hybridized carbons (Fsp3) is 0.316. The molecule has 25 heavy (non-hydrogen) atoms. The molecular formula is C19H19ClO4S. The molecule has 0 aliphatic carbocycles. The highest BCUT2D eigenvalue weighted by Crippen LogP contribution is 2.37. The number of hydrogen-bond acceptors (Lipinski definition) is 4. The SMILES string of the molecule is O=C(O)C1(CSc2ccc(Oc3ccc(Cl)cc3)cc2)CCOCC1. The Kier molecular flexibility index (Phi) is 5.89. The number of carbonyl (C=O) groups is 1. The lowest BCUT2D eigenvalue weighted by Gasteiger charge is -2.32. The summed E-state index contributed by atoms with van der Waals surface area (Å²) in [5.41, 5.74) is -0.693. The van der Waals surface area contributed by atoms with Gasteiger partial charge in [0.2, 0.25) is 0 Å². The third-order valence-electron chi connectivity index (χ3n) is 4.29. The van der Waals surface area contributed by atoms with Crippen LogP contribution in [0.4, 0.5) is 0 Å². The number of aliphatic carboxylic acids is 1. The van der Waals surface area contributed by atoms with Crippen LogP contribution in [0.25, 0.3) is 0 Å². The number of carboxylic acid groups (broad SMARTS) is 1. The summed E-state index contributed by atoms with van der Waals surface area (Å²) in [6, 6.07) is 14.8. The van der Waals surface area contributed by atoms with Gasteiger partial charge in [0.05, 0.1) is 5.41 Å². The molecule has 3 rings (SSSR count). The van der Waals surface area contributed by atoms with Crippen LogP contribution < -0.4 is 4.74 Å². The van der Waals surface area contributed by atoms with Gasteiger partial charge in [-0.1, -0.05) is 11.6 Å². The van der Waals surface area contributed by atoms with Gasteiger partial charge in [0.1, 0.15) is 11.5 Å². The lowest BCUT2D eigenvalue weighted by Crippen LogP contribution is -2.39. The van der Waals surface area contributed by atoms with Gasteiger partial charge >= 0.3 is 5.97 Å². The van der Waals surface area contributed by atoms with Gasteiger partial charge in [0.25, 0.3) is 0 Å². The molecule has 1 fully saturated rings. The minimum absolute atomic E-state index is 0.515. The highest BCUT2D eigenvalue weighted by molar-refractivity contribution is 7.99. The minimum Gasteiger partial charge on any atom is -0.481 e. The number of carboxylic acids is 1. The zero-order valence-corrected chi connectivity index (χ0v) is 15.2. The summed E-state index contributed by atoms with van der Waals surface area (Å²) in [7, 11) is 0. The van der Waals surface area contributed by atoms with E-state index in [2.05, 4.69) is 0 Å². The predicted octanol–water partition coefficient (Wildman–Crippen LogP) is 5.11.